The van der Waals surface area contributed by atoms with Crippen LogP contribution in [0.4, 0.5) is 11.4 Å². The minimum Gasteiger partial charge on any atom is -0.616 e. The van der Waals surface area contributed by atoms with Crippen molar-refractivity contribution < 1.29 is 14.1 Å². The molecule has 0 radical (unpaired) electrons. The second-order valence-corrected chi connectivity index (χ2v) is 12.5. The summed E-state index contributed by atoms with van der Waals surface area (Å²) >= 11 is -0.824. The van der Waals surface area contributed by atoms with E-state index in [9.17, 15) is 18.9 Å². The quantitative estimate of drug-likeness (QED) is 0.386. The average molecular weight is 541 g/mol. The fraction of sp³-hybridized carbons (Fsp3) is 0.300. The molecule has 8 nitrogen and oxygen atoms in total. The molecule has 2 amide bonds. The third-order valence-corrected chi connectivity index (χ3v) is 9.88. The van der Waals surface area contributed by atoms with Crippen molar-refractivity contribution in [1.82, 2.24) is 9.13 Å². The standard InChI is InChI=1S/C30H28N4O4S/c35-27(18-33-25-7-3-4-8-26(25)34(29(33)37)22-11-13-39(38)14-12-22)31-21-10-9-19-16-30(17-20(19)15-21)23-5-1-2-6-24(23)32-28(30)36/h1-10,15,22H,11-14,16-18H2,(H,31,35)(H,32,36)/t22-,30?,39-. The molecule has 9 heteroatoms. The summed E-state index contributed by atoms with van der Waals surface area (Å²) in [7, 11) is 0. The Bertz CT molecular complexity index is 1700. The average Bonchev–Trinajstić information content (AvgIpc) is 3.54. The van der Waals surface area contributed by atoms with Crippen molar-refractivity contribution in [3.63, 3.8) is 0 Å². The fourth-order valence-corrected chi connectivity index (χ4v) is 7.87. The van der Waals surface area contributed by atoms with Gasteiger partial charge in [0, 0.05) is 30.3 Å². The van der Waals surface area contributed by atoms with Gasteiger partial charge < -0.3 is 15.2 Å². The maximum absolute atomic E-state index is 13.5. The molecule has 4 aromatic rings. The Morgan fingerprint density at radius 3 is 2.51 bits per heavy atom. The van der Waals surface area contributed by atoms with Crippen LogP contribution in [0.5, 0.6) is 0 Å². The smallest absolute Gasteiger partial charge is 0.329 e. The molecule has 1 saturated heterocycles. The molecule has 1 unspecified atom stereocenters. The SMILES string of the molecule is O=C(Cn1c(=O)n([C@H]2CC[S@+]([O-])CC2)c2ccccc21)Nc1ccc2c(c1)CC1(C2)C(=O)Nc2ccccc21. The molecule has 7 rings (SSSR count). The first kappa shape index (κ1) is 24.2. The van der Waals surface area contributed by atoms with Gasteiger partial charge in [0.15, 0.2) is 0 Å². The summed E-state index contributed by atoms with van der Waals surface area (Å²) in [4.78, 5) is 39.7. The number of nitrogens with zero attached hydrogens (tertiary/aromatic N) is 2. The predicted molar refractivity (Wildman–Crippen MR) is 152 cm³/mol. The van der Waals surface area contributed by atoms with Gasteiger partial charge in [-0.15, -0.1) is 0 Å². The van der Waals surface area contributed by atoms with Gasteiger partial charge in [0.05, 0.1) is 16.4 Å². The molecule has 1 fully saturated rings. The van der Waals surface area contributed by atoms with Crippen LogP contribution in [0.25, 0.3) is 11.0 Å². The molecule has 3 aliphatic rings. The highest BCUT2D eigenvalue weighted by Gasteiger charge is 2.50. The molecule has 198 valence electrons. The number of hydrogen-bond donors (Lipinski definition) is 2. The molecule has 3 aromatic carbocycles. The minimum absolute atomic E-state index is 0.0189. The number of carbonyl (C=O) groups is 2. The van der Waals surface area contributed by atoms with Crippen LogP contribution in [0.2, 0.25) is 0 Å². The van der Waals surface area contributed by atoms with Crippen molar-refractivity contribution in [3.05, 3.63) is 93.9 Å². The number of para-hydroxylation sites is 3. The first-order valence-electron chi connectivity index (χ1n) is 13.3. The van der Waals surface area contributed by atoms with Crippen LogP contribution in [-0.4, -0.2) is 37.0 Å². The van der Waals surface area contributed by atoms with E-state index in [0.717, 1.165) is 27.9 Å². The lowest BCUT2D eigenvalue weighted by atomic mass is 9.79. The third-order valence-electron chi connectivity index (χ3n) is 8.49. The first-order valence-corrected chi connectivity index (χ1v) is 14.8. The van der Waals surface area contributed by atoms with E-state index in [4.69, 9.17) is 0 Å². The lowest BCUT2D eigenvalue weighted by Gasteiger charge is -2.25. The number of rotatable bonds is 4. The van der Waals surface area contributed by atoms with E-state index in [2.05, 4.69) is 10.6 Å². The van der Waals surface area contributed by atoms with Gasteiger partial charge in [0.2, 0.25) is 11.8 Å². The van der Waals surface area contributed by atoms with Gasteiger partial charge in [0.25, 0.3) is 0 Å². The normalized spacial score (nSPS) is 23.6. The Hall–Kier alpha value is -3.82. The van der Waals surface area contributed by atoms with Gasteiger partial charge in [-0.25, -0.2) is 4.79 Å². The molecule has 2 N–H and O–H groups in total. The zero-order chi connectivity index (χ0) is 26.7. The maximum atomic E-state index is 13.5. The summed E-state index contributed by atoms with van der Waals surface area (Å²) in [5.74, 6) is 0.903. The number of amides is 2. The van der Waals surface area contributed by atoms with Gasteiger partial charge in [-0.3, -0.25) is 18.7 Å². The van der Waals surface area contributed by atoms with E-state index >= 15 is 0 Å². The third kappa shape index (κ3) is 3.91. The van der Waals surface area contributed by atoms with E-state index in [-0.39, 0.29) is 30.1 Å². The molecule has 3 heterocycles. The van der Waals surface area contributed by atoms with E-state index < -0.39 is 16.6 Å². The van der Waals surface area contributed by atoms with Gasteiger partial charge in [0.1, 0.15) is 18.1 Å². The largest absolute Gasteiger partial charge is 0.616 e. The van der Waals surface area contributed by atoms with Crippen LogP contribution in [0, 0.1) is 0 Å². The lowest BCUT2D eigenvalue weighted by Crippen LogP contribution is -2.35. The Labute approximate surface area is 228 Å². The zero-order valence-electron chi connectivity index (χ0n) is 21.3. The Kier molecular flexibility index (Phi) is 5.68. The molecule has 1 atom stereocenters. The highest BCUT2D eigenvalue weighted by Crippen LogP contribution is 2.47. The molecule has 2 aliphatic heterocycles. The fourth-order valence-electron chi connectivity index (χ4n) is 6.60. The molecule has 1 spiro atoms. The Morgan fingerprint density at radius 1 is 0.974 bits per heavy atom. The summed E-state index contributed by atoms with van der Waals surface area (Å²) in [5, 5.41) is 6.00. The Balaban J connectivity index is 1.13. The number of anilines is 2. The van der Waals surface area contributed by atoms with E-state index in [0.29, 0.717) is 48.4 Å². The molecule has 1 aliphatic carbocycles. The maximum Gasteiger partial charge on any atom is 0.329 e. The van der Waals surface area contributed by atoms with Crippen molar-refractivity contribution in [3.8, 4) is 0 Å². The lowest BCUT2D eigenvalue weighted by molar-refractivity contribution is -0.120. The second kappa shape index (κ2) is 9.14. The highest BCUT2D eigenvalue weighted by atomic mass is 32.2. The number of hydrogen-bond acceptors (Lipinski definition) is 4. The Morgan fingerprint density at radius 2 is 1.69 bits per heavy atom. The number of imidazole rings is 1. The number of aromatic nitrogens is 2. The summed E-state index contributed by atoms with van der Waals surface area (Å²) < 4.78 is 15.2. The van der Waals surface area contributed by atoms with Crippen LogP contribution in [0.3, 0.4) is 0 Å². The summed E-state index contributed by atoms with van der Waals surface area (Å²) in [6.45, 7) is -0.109. The van der Waals surface area contributed by atoms with Gasteiger partial charge in [-0.1, -0.05) is 47.6 Å². The van der Waals surface area contributed by atoms with Gasteiger partial charge in [-0.2, -0.15) is 0 Å². The molecular weight excluding hydrogens is 512 g/mol. The van der Waals surface area contributed by atoms with E-state index in [1.807, 2.05) is 66.7 Å². The number of nitrogens with one attached hydrogen (secondary N) is 2. The molecule has 1 aromatic heterocycles. The zero-order valence-corrected chi connectivity index (χ0v) is 22.1. The van der Waals surface area contributed by atoms with Crippen LogP contribution in [-0.2, 0) is 45.6 Å². The second-order valence-electron chi connectivity index (χ2n) is 10.8. The van der Waals surface area contributed by atoms with E-state index in [1.54, 1.807) is 4.57 Å². The molecule has 0 saturated carbocycles. The summed E-state index contributed by atoms with van der Waals surface area (Å²) in [5.41, 5.74) is 5.38. The van der Waals surface area contributed by atoms with E-state index in [1.165, 1.54) is 4.57 Å². The van der Waals surface area contributed by atoms with Crippen molar-refractivity contribution in [2.45, 2.75) is 43.7 Å². The topological polar surface area (TPSA) is 108 Å². The molecular formula is C30H28N4O4S. The summed E-state index contributed by atoms with van der Waals surface area (Å²) in [6, 6.07) is 21.1. The number of carbonyl (C=O) groups excluding carboxylic acids is 2. The molecule has 0 bridgehead atoms. The summed E-state index contributed by atoms with van der Waals surface area (Å²) in [6.07, 6.45) is 2.58. The van der Waals surface area contributed by atoms with Crippen LogP contribution >= 0.6 is 0 Å². The van der Waals surface area contributed by atoms with Crippen LogP contribution < -0.4 is 16.3 Å². The van der Waals surface area contributed by atoms with Crippen molar-refractivity contribution in [2.75, 3.05) is 22.1 Å². The first-order chi connectivity index (χ1) is 18.9. The predicted octanol–water partition coefficient (Wildman–Crippen LogP) is 3.51. The van der Waals surface area contributed by atoms with Crippen LogP contribution in [0.15, 0.2) is 71.5 Å². The number of benzene rings is 3. The molecule has 39 heavy (non-hydrogen) atoms. The van der Waals surface area contributed by atoms with Crippen LogP contribution in [0.1, 0.15) is 35.6 Å². The van der Waals surface area contributed by atoms with Crippen molar-refractivity contribution in [1.29, 1.82) is 0 Å². The minimum atomic E-state index is -0.824. The van der Waals surface area contributed by atoms with Gasteiger partial charge >= 0.3 is 5.69 Å². The monoisotopic (exact) mass is 540 g/mol. The van der Waals surface area contributed by atoms with Gasteiger partial charge in [-0.05, 0) is 59.9 Å². The van der Waals surface area contributed by atoms with Crippen molar-refractivity contribution >= 4 is 45.4 Å². The highest BCUT2D eigenvalue weighted by molar-refractivity contribution is 7.91. The van der Waals surface area contributed by atoms with Crippen molar-refractivity contribution in [2.24, 2.45) is 0 Å². The number of fused-ring (bicyclic) bond motifs is 4.